The maximum Gasteiger partial charge on any atom is 0.253 e. The summed E-state index contributed by atoms with van der Waals surface area (Å²) < 4.78 is 14.9. The second-order valence-electron chi connectivity index (χ2n) is 6.16. The fourth-order valence-electron chi connectivity index (χ4n) is 2.60. The third kappa shape index (κ3) is 5.26. The number of amides is 1. The molecule has 0 aliphatic heterocycles. The standard InChI is InChI=1S/C21H19FIN3O/c1-14-2-4-15(5-3-14)8-11-25-21(27)17-9-10-24-13-20(17)26-19-7-6-16(23)12-18(19)22/h2-7,9-10,12-13,26H,8,11H2,1H3,(H,25,27). The Morgan fingerprint density at radius 2 is 1.89 bits per heavy atom. The first-order valence-corrected chi connectivity index (χ1v) is 9.60. The lowest BCUT2D eigenvalue weighted by Crippen LogP contribution is -2.26. The van der Waals surface area contributed by atoms with Gasteiger partial charge in [-0.3, -0.25) is 9.78 Å². The number of nitrogens with one attached hydrogen (secondary N) is 2. The van der Waals surface area contributed by atoms with Crippen LogP contribution in [0.2, 0.25) is 0 Å². The van der Waals surface area contributed by atoms with Crippen LogP contribution in [0.5, 0.6) is 0 Å². The van der Waals surface area contributed by atoms with Gasteiger partial charge in [0.1, 0.15) is 5.82 Å². The van der Waals surface area contributed by atoms with Gasteiger partial charge >= 0.3 is 0 Å². The lowest BCUT2D eigenvalue weighted by Gasteiger charge is -2.12. The zero-order chi connectivity index (χ0) is 19.2. The first kappa shape index (κ1) is 19.3. The summed E-state index contributed by atoms with van der Waals surface area (Å²) in [4.78, 5) is 16.6. The molecule has 3 aromatic rings. The van der Waals surface area contributed by atoms with Crippen molar-refractivity contribution < 1.29 is 9.18 Å². The van der Waals surface area contributed by atoms with Crippen LogP contribution in [-0.4, -0.2) is 17.4 Å². The van der Waals surface area contributed by atoms with Crippen molar-refractivity contribution in [3.05, 3.63) is 87.0 Å². The zero-order valence-corrected chi connectivity index (χ0v) is 17.0. The maximum atomic E-state index is 14.1. The Labute approximate surface area is 171 Å². The molecular formula is C21H19FIN3O. The van der Waals surface area contributed by atoms with Crippen LogP contribution < -0.4 is 10.6 Å². The van der Waals surface area contributed by atoms with Gasteiger partial charge < -0.3 is 10.6 Å². The Bertz CT molecular complexity index is 944. The van der Waals surface area contributed by atoms with E-state index in [-0.39, 0.29) is 11.7 Å². The number of halogens is 2. The normalized spacial score (nSPS) is 10.5. The van der Waals surface area contributed by atoms with Crippen LogP contribution in [0, 0.1) is 16.3 Å². The Hall–Kier alpha value is -2.48. The minimum Gasteiger partial charge on any atom is -0.352 e. The van der Waals surface area contributed by atoms with Crippen molar-refractivity contribution in [1.82, 2.24) is 10.3 Å². The molecule has 0 spiro atoms. The molecule has 0 radical (unpaired) electrons. The topological polar surface area (TPSA) is 54.0 Å². The summed E-state index contributed by atoms with van der Waals surface area (Å²) >= 11 is 2.05. The highest BCUT2D eigenvalue weighted by atomic mass is 127. The molecule has 0 atom stereocenters. The molecule has 4 nitrogen and oxygen atoms in total. The van der Waals surface area contributed by atoms with Crippen LogP contribution in [0.4, 0.5) is 15.8 Å². The number of rotatable bonds is 6. The Kier molecular flexibility index (Phi) is 6.39. The number of aryl methyl sites for hydroxylation is 1. The van der Waals surface area contributed by atoms with Crippen molar-refractivity contribution in [2.75, 3.05) is 11.9 Å². The monoisotopic (exact) mass is 475 g/mol. The highest BCUT2D eigenvalue weighted by Crippen LogP contribution is 2.23. The first-order chi connectivity index (χ1) is 13.0. The molecule has 0 aliphatic carbocycles. The summed E-state index contributed by atoms with van der Waals surface area (Å²) in [5, 5.41) is 5.87. The van der Waals surface area contributed by atoms with Gasteiger partial charge in [-0.15, -0.1) is 0 Å². The Balaban J connectivity index is 1.67. The number of pyridine rings is 1. The van der Waals surface area contributed by atoms with Gasteiger partial charge in [-0.1, -0.05) is 29.8 Å². The van der Waals surface area contributed by atoms with E-state index < -0.39 is 0 Å². The SMILES string of the molecule is Cc1ccc(CCNC(=O)c2ccncc2Nc2ccc(I)cc2F)cc1. The van der Waals surface area contributed by atoms with Crippen molar-refractivity contribution in [1.29, 1.82) is 0 Å². The van der Waals surface area contributed by atoms with Gasteiger partial charge in [0, 0.05) is 16.3 Å². The van der Waals surface area contributed by atoms with E-state index in [1.807, 2.05) is 29.5 Å². The number of carbonyl (C=O) groups is 1. The molecule has 0 unspecified atom stereocenters. The van der Waals surface area contributed by atoms with Crippen LogP contribution >= 0.6 is 22.6 Å². The summed E-state index contributed by atoms with van der Waals surface area (Å²) in [6, 6.07) is 14.7. The molecule has 0 saturated carbocycles. The molecule has 6 heteroatoms. The Morgan fingerprint density at radius 3 is 2.63 bits per heavy atom. The van der Waals surface area contributed by atoms with Crippen LogP contribution in [0.1, 0.15) is 21.5 Å². The summed E-state index contributed by atoms with van der Waals surface area (Å²) in [6.07, 6.45) is 3.81. The van der Waals surface area contributed by atoms with Gasteiger partial charge in [0.2, 0.25) is 0 Å². The van der Waals surface area contributed by atoms with Gasteiger partial charge in [0.15, 0.2) is 0 Å². The van der Waals surface area contributed by atoms with Crippen molar-refractivity contribution in [2.45, 2.75) is 13.3 Å². The summed E-state index contributed by atoms with van der Waals surface area (Å²) in [5.74, 6) is -0.602. The third-order valence-corrected chi connectivity index (χ3v) is 4.76. The smallest absolute Gasteiger partial charge is 0.253 e. The van der Waals surface area contributed by atoms with Crippen LogP contribution in [0.15, 0.2) is 60.9 Å². The predicted molar refractivity (Wildman–Crippen MR) is 114 cm³/mol. The molecule has 27 heavy (non-hydrogen) atoms. The number of hydrogen-bond acceptors (Lipinski definition) is 3. The molecular weight excluding hydrogens is 456 g/mol. The van der Waals surface area contributed by atoms with Crippen molar-refractivity contribution in [3.8, 4) is 0 Å². The molecule has 138 valence electrons. The second kappa shape index (κ2) is 8.94. The highest BCUT2D eigenvalue weighted by molar-refractivity contribution is 14.1. The number of hydrogen-bond donors (Lipinski definition) is 2. The van der Waals surface area contributed by atoms with Crippen molar-refractivity contribution in [3.63, 3.8) is 0 Å². The van der Waals surface area contributed by atoms with Crippen LogP contribution in [-0.2, 0) is 6.42 Å². The van der Waals surface area contributed by atoms with E-state index in [1.54, 1.807) is 24.4 Å². The van der Waals surface area contributed by atoms with Crippen LogP contribution in [0.3, 0.4) is 0 Å². The van der Waals surface area contributed by atoms with E-state index in [1.165, 1.54) is 17.8 Å². The van der Waals surface area contributed by atoms with Crippen molar-refractivity contribution in [2.24, 2.45) is 0 Å². The molecule has 1 aromatic heterocycles. The first-order valence-electron chi connectivity index (χ1n) is 8.53. The maximum absolute atomic E-state index is 14.1. The number of benzene rings is 2. The van der Waals surface area contributed by atoms with Gasteiger partial charge in [-0.05, 0) is 65.8 Å². The lowest BCUT2D eigenvalue weighted by molar-refractivity contribution is 0.0955. The summed E-state index contributed by atoms with van der Waals surface area (Å²) in [7, 11) is 0. The molecule has 2 N–H and O–H groups in total. The summed E-state index contributed by atoms with van der Waals surface area (Å²) in [6.45, 7) is 2.56. The zero-order valence-electron chi connectivity index (χ0n) is 14.8. The van der Waals surface area contributed by atoms with E-state index >= 15 is 0 Å². The van der Waals surface area contributed by atoms with E-state index in [0.717, 1.165) is 15.6 Å². The molecule has 0 fully saturated rings. The number of nitrogens with zero attached hydrogens (tertiary/aromatic N) is 1. The molecule has 1 amide bonds. The van der Waals surface area contributed by atoms with Gasteiger partial charge in [0.05, 0.1) is 23.1 Å². The largest absolute Gasteiger partial charge is 0.352 e. The molecule has 0 saturated heterocycles. The lowest BCUT2D eigenvalue weighted by atomic mass is 10.1. The quantitative estimate of drug-likeness (QED) is 0.502. The molecule has 3 rings (SSSR count). The molecule has 2 aromatic carbocycles. The second-order valence-corrected chi connectivity index (χ2v) is 7.41. The van der Waals surface area contributed by atoms with E-state index in [4.69, 9.17) is 0 Å². The Morgan fingerprint density at radius 1 is 1.11 bits per heavy atom. The highest BCUT2D eigenvalue weighted by Gasteiger charge is 2.13. The average Bonchev–Trinajstić information content (AvgIpc) is 2.66. The number of aromatic nitrogens is 1. The van der Waals surface area contributed by atoms with Gasteiger partial charge in [0.25, 0.3) is 5.91 Å². The van der Waals surface area contributed by atoms with Crippen molar-refractivity contribution >= 4 is 39.9 Å². The minimum atomic E-state index is -0.378. The third-order valence-electron chi connectivity index (χ3n) is 4.09. The predicted octanol–water partition coefficient (Wildman–Crippen LogP) is 4.85. The minimum absolute atomic E-state index is 0.224. The summed E-state index contributed by atoms with van der Waals surface area (Å²) in [5.41, 5.74) is 3.56. The number of anilines is 2. The van der Waals surface area contributed by atoms with E-state index in [9.17, 15) is 9.18 Å². The van der Waals surface area contributed by atoms with Crippen LogP contribution in [0.25, 0.3) is 0 Å². The molecule has 0 aliphatic rings. The molecule has 1 heterocycles. The molecule has 0 bridgehead atoms. The fraction of sp³-hybridized carbons (Fsp3) is 0.143. The van der Waals surface area contributed by atoms with Gasteiger partial charge in [-0.25, -0.2) is 4.39 Å². The van der Waals surface area contributed by atoms with Gasteiger partial charge in [-0.2, -0.15) is 0 Å². The average molecular weight is 475 g/mol. The van der Waals surface area contributed by atoms with E-state index in [2.05, 4.69) is 39.9 Å². The van der Waals surface area contributed by atoms with E-state index in [0.29, 0.717) is 23.5 Å². The number of carbonyl (C=O) groups excluding carboxylic acids is 1. The fourth-order valence-corrected chi connectivity index (χ4v) is 3.05.